The summed E-state index contributed by atoms with van der Waals surface area (Å²) >= 11 is 1.26. The molecule has 1 amide bonds. The van der Waals surface area contributed by atoms with Gasteiger partial charge in [-0.1, -0.05) is 100 Å². The van der Waals surface area contributed by atoms with Crippen LogP contribution in [0.1, 0.15) is 93.9 Å². The third-order valence-corrected chi connectivity index (χ3v) is 8.86. The lowest BCUT2D eigenvalue weighted by molar-refractivity contribution is -0.126. The molecule has 0 saturated heterocycles. The maximum atomic E-state index is 14.2. The van der Waals surface area contributed by atoms with E-state index in [-0.39, 0.29) is 16.4 Å². The molecular weight excluding hydrogens is 542 g/mol. The van der Waals surface area contributed by atoms with Crippen molar-refractivity contribution >= 4 is 28.5 Å². The average Bonchev–Trinajstić information content (AvgIpc) is 2.99. The van der Waals surface area contributed by atoms with Crippen molar-refractivity contribution < 1.29 is 19.2 Å². The Morgan fingerprint density at radius 1 is 0.905 bits per heavy atom. The second kappa shape index (κ2) is 14.9. The molecule has 4 rings (SSSR count). The van der Waals surface area contributed by atoms with Crippen LogP contribution in [0.5, 0.6) is 5.75 Å². The highest BCUT2D eigenvalue weighted by Gasteiger charge is 2.29. The van der Waals surface area contributed by atoms with Gasteiger partial charge in [-0.15, -0.1) is 0 Å². The third-order valence-electron chi connectivity index (χ3n) is 8.08. The Hall–Kier alpha value is -3.09. The number of benzene rings is 3. The predicted molar refractivity (Wildman–Crippen MR) is 173 cm³/mol. The number of anilines is 1. The Balaban J connectivity index is 1.55. The van der Waals surface area contributed by atoms with Gasteiger partial charge >= 0.3 is 0 Å². The molecule has 224 valence electrons. The predicted octanol–water partition coefficient (Wildman–Crippen LogP) is 8.61. The fraction of sp³-hybridized carbons (Fsp3) is 0.444. The molecular formula is C36H45NO4S. The van der Waals surface area contributed by atoms with E-state index in [4.69, 9.17) is 9.57 Å². The monoisotopic (exact) mass is 587 g/mol. The SMILES string of the molecule is CON(C(=O)C(Cc1ccc(OCCSC(C)=O)cc1)c1ccc(C(C)(C)C)cc1)c1ccc(C2CCCCC2)cc1. The zero-order valence-electron chi connectivity index (χ0n) is 25.7. The number of hydroxylamine groups is 1. The van der Waals surface area contributed by atoms with E-state index in [0.29, 0.717) is 24.7 Å². The van der Waals surface area contributed by atoms with Crippen LogP contribution in [0, 0.1) is 0 Å². The Bertz CT molecular complexity index is 1290. The summed E-state index contributed by atoms with van der Waals surface area (Å²) in [7, 11) is 1.56. The smallest absolute Gasteiger partial charge is 0.258 e. The summed E-state index contributed by atoms with van der Waals surface area (Å²) in [5, 5.41) is 1.53. The van der Waals surface area contributed by atoms with E-state index in [2.05, 4.69) is 57.2 Å². The average molecular weight is 588 g/mol. The maximum Gasteiger partial charge on any atom is 0.258 e. The van der Waals surface area contributed by atoms with Crippen LogP contribution in [-0.4, -0.2) is 30.5 Å². The number of ether oxygens (including phenoxy) is 1. The van der Waals surface area contributed by atoms with E-state index in [1.807, 2.05) is 36.4 Å². The van der Waals surface area contributed by atoms with E-state index < -0.39 is 5.92 Å². The topological polar surface area (TPSA) is 55.8 Å². The Kier molecular flexibility index (Phi) is 11.3. The molecule has 0 aliphatic heterocycles. The summed E-state index contributed by atoms with van der Waals surface area (Å²) in [5.41, 5.74) is 5.32. The van der Waals surface area contributed by atoms with E-state index in [1.165, 1.54) is 60.1 Å². The normalized spacial score (nSPS) is 14.8. The molecule has 0 N–H and O–H groups in total. The lowest BCUT2D eigenvalue weighted by Crippen LogP contribution is -2.35. The van der Waals surface area contributed by atoms with Crippen LogP contribution in [0.3, 0.4) is 0 Å². The molecule has 1 atom stereocenters. The lowest BCUT2D eigenvalue weighted by atomic mass is 9.84. The van der Waals surface area contributed by atoms with Gasteiger partial charge in [0.05, 0.1) is 25.3 Å². The van der Waals surface area contributed by atoms with Gasteiger partial charge in [-0.05, 0) is 77.1 Å². The molecule has 1 saturated carbocycles. The van der Waals surface area contributed by atoms with Gasteiger partial charge in [-0.2, -0.15) is 5.06 Å². The van der Waals surface area contributed by atoms with Gasteiger partial charge < -0.3 is 4.74 Å². The molecule has 1 unspecified atom stereocenters. The minimum Gasteiger partial charge on any atom is -0.493 e. The first-order valence-corrected chi connectivity index (χ1v) is 16.1. The highest BCUT2D eigenvalue weighted by atomic mass is 32.2. The number of hydrogen-bond donors (Lipinski definition) is 0. The number of carbonyl (C=O) groups is 2. The quantitative estimate of drug-likeness (QED) is 0.166. The largest absolute Gasteiger partial charge is 0.493 e. The standard InChI is InChI=1S/C36H45NO4S/c1-26(38)42-24-23-41-33-21-11-27(12-22-33)25-34(30-13-17-31(18-14-30)36(2,3)4)35(39)37(40-5)32-19-15-29(16-20-32)28-9-7-6-8-10-28/h11-22,28,34H,6-10,23-25H2,1-5H3. The van der Waals surface area contributed by atoms with Crippen LogP contribution in [0.15, 0.2) is 72.8 Å². The summed E-state index contributed by atoms with van der Waals surface area (Å²) in [6.45, 7) is 8.60. The molecule has 6 heteroatoms. The van der Waals surface area contributed by atoms with Crippen molar-refractivity contribution in [1.82, 2.24) is 0 Å². The Labute approximate surface area is 255 Å². The first kappa shape index (κ1) is 31.8. The number of amides is 1. The van der Waals surface area contributed by atoms with E-state index in [0.717, 1.165) is 22.6 Å². The van der Waals surface area contributed by atoms with Crippen LogP contribution >= 0.6 is 11.8 Å². The molecule has 1 aliphatic rings. The van der Waals surface area contributed by atoms with Gasteiger partial charge in [0, 0.05) is 12.7 Å². The molecule has 0 bridgehead atoms. The van der Waals surface area contributed by atoms with Crippen LogP contribution in [-0.2, 0) is 26.3 Å². The number of thioether (sulfide) groups is 1. The minimum atomic E-state index is -0.435. The van der Waals surface area contributed by atoms with E-state index in [9.17, 15) is 9.59 Å². The zero-order chi connectivity index (χ0) is 30.1. The lowest BCUT2D eigenvalue weighted by Gasteiger charge is -2.27. The van der Waals surface area contributed by atoms with Crippen molar-refractivity contribution in [2.24, 2.45) is 0 Å². The number of carbonyl (C=O) groups excluding carboxylic acids is 2. The van der Waals surface area contributed by atoms with Crippen molar-refractivity contribution in [1.29, 1.82) is 0 Å². The first-order valence-electron chi connectivity index (χ1n) is 15.1. The van der Waals surface area contributed by atoms with Crippen LogP contribution in [0.2, 0.25) is 0 Å². The Morgan fingerprint density at radius 3 is 2.12 bits per heavy atom. The zero-order valence-corrected chi connectivity index (χ0v) is 26.5. The number of rotatable bonds is 11. The molecule has 0 spiro atoms. The van der Waals surface area contributed by atoms with Gasteiger partial charge in [0.2, 0.25) is 0 Å². The van der Waals surface area contributed by atoms with E-state index in [1.54, 1.807) is 14.0 Å². The summed E-state index contributed by atoms with van der Waals surface area (Å²) in [4.78, 5) is 31.1. The van der Waals surface area contributed by atoms with Crippen molar-refractivity contribution in [3.8, 4) is 5.75 Å². The molecule has 0 radical (unpaired) electrons. The number of hydrogen-bond acceptors (Lipinski definition) is 5. The van der Waals surface area contributed by atoms with E-state index >= 15 is 0 Å². The highest BCUT2D eigenvalue weighted by molar-refractivity contribution is 8.13. The van der Waals surface area contributed by atoms with Crippen molar-refractivity contribution in [3.05, 3.63) is 95.1 Å². The second-order valence-electron chi connectivity index (χ2n) is 12.2. The maximum absolute atomic E-state index is 14.2. The van der Waals surface area contributed by atoms with Crippen LogP contribution in [0.25, 0.3) is 0 Å². The van der Waals surface area contributed by atoms with Gasteiger partial charge in [0.15, 0.2) is 5.12 Å². The molecule has 0 aromatic heterocycles. The fourth-order valence-electron chi connectivity index (χ4n) is 5.65. The molecule has 42 heavy (non-hydrogen) atoms. The van der Waals surface area contributed by atoms with Gasteiger partial charge in [-0.3, -0.25) is 14.4 Å². The summed E-state index contributed by atoms with van der Waals surface area (Å²) < 4.78 is 5.79. The molecule has 5 nitrogen and oxygen atoms in total. The fourth-order valence-corrected chi connectivity index (χ4v) is 6.10. The summed E-state index contributed by atoms with van der Waals surface area (Å²) in [6.07, 6.45) is 6.90. The molecule has 1 fully saturated rings. The molecule has 1 aliphatic carbocycles. The molecule has 3 aromatic rings. The van der Waals surface area contributed by atoms with Crippen LogP contribution in [0.4, 0.5) is 5.69 Å². The molecule has 3 aromatic carbocycles. The molecule has 0 heterocycles. The minimum absolute atomic E-state index is 0.0232. The first-order chi connectivity index (χ1) is 20.2. The summed E-state index contributed by atoms with van der Waals surface area (Å²) in [6, 6.07) is 24.6. The van der Waals surface area contributed by atoms with Gasteiger partial charge in [-0.25, -0.2) is 0 Å². The van der Waals surface area contributed by atoms with Crippen LogP contribution < -0.4 is 9.80 Å². The summed E-state index contributed by atoms with van der Waals surface area (Å²) in [5.74, 6) is 1.43. The van der Waals surface area contributed by atoms with Crippen molar-refractivity contribution in [3.63, 3.8) is 0 Å². The number of nitrogens with zero attached hydrogens (tertiary/aromatic N) is 1. The van der Waals surface area contributed by atoms with Gasteiger partial charge in [0.1, 0.15) is 5.75 Å². The van der Waals surface area contributed by atoms with Crippen molar-refractivity contribution in [2.45, 2.75) is 83.5 Å². The van der Waals surface area contributed by atoms with Crippen molar-refractivity contribution in [2.75, 3.05) is 24.5 Å². The third kappa shape index (κ3) is 8.71. The second-order valence-corrected chi connectivity index (χ2v) is 13.5. The highest BCUT2D eigenvalue weighted by Crippen LogP contribution is 2.34. The van der Waals surface area contributed by atoms with Gasteiger partial charge in [0.25, 0.3) is 5.91 Å². The Morgan fingerprint density at radius 2 is 1.55 bits per heavy atom.